The minimum absolute atomic E-state index is 0.0395. The van der Waals surface area contributed by atoms with Crippen LogP contribution in [0.1, 0.15) is 51.4 Å². The van der Waals surface area contributed by atoms with Crippen LogP contribution in [0, 0.1) is 0 Å². The lowest BCUT2D eigenvalue weighted by Crippen LogP contribution is -2.49. The highest BCUT2D eigenvalue weighted by Crippen LogP contribution is 2.32. The van der Waals surface area contributed by atoms with Gasteiger partial charge in [-0.15, -0.1) is 0 Å². The number of carbonyl (C=O) groups excluding carboxylic acids is 4. The van der Waals surface area contributed by atoms with E-state index in [9.17, 15) is 27.6 Å². The first kappa shape index (κ1) is 21.0. The van der Waals surface area contributed by atoms with E-state index in [1.165, 1.54) is 10.5 Å². The summed E-state index contributed by atoms with van der Waals surface area (Å²) in [6, 6.07) is -1.23. The lowest BCUT2D eigenvalue weighted by molar-refractivity contribution is -0.145. The molecular formula is C20H27N3O6S. The van der Waals surface area contributed by atoms with Crippen LogP contribution in [0.3, 0.4) is 0 Å². The summed E-state index contributed by atoms with van der Waals surface area (Å²) < 4.78 is 23.7. The van der Waals surface area contributed by atoms with Crippen LogP contribution in [0.25, 0.3) is 0 Å². The van der Waals surface area contributed by atoms with E-state index in [-0.39, 0.29) is 24.1 Å². The van der Waals surface area contributed by atoms with E-state index in [0.29, 0.717) is 17.7 Å². The van der Waals surface area contributed by atoms with Gasteiger partial charge in [-0.1, -0.05) is 11.6 Å². The van der Waals surface area contributed by atoms with E-state index in [4.69, 9.17) is 0 Å². The van der Waals surface area contributed by atoms with Gasteiger partial charge in [0.15, 0.2) is 9.84 Å². The van der Waals surface area contributed by atoms with Crippen LogP contribution in [-0.4, -0.2) is 83.5 Å². The molecule has 9 nitrogen and oxygen atoms in total. The highest BCUT2D eigenvalue weighted by atomic mass is 32.2. The third kappa shape index (κ3) is 4.28. The molecule has 10 heteroatoms. The van der Waals surface area contributed by atoms with E-state index < -0.39 is 46.2 Å². The highest BCUT2D eigenvalue weighted by molar-refractivity contribution is 7.91. The Bertz CT molecular complexity index is 908. The van der Waals surface area contributed by atoms with Crippen molar-refractivity contribution in [1.82, 2.24) is 14.7 Å². The lowest BCUT2D eigenvalue weighted by Gasteiger charge is -2.29. The Morgan fingerprint density at radius 3 is 2.37 bits per heavy atom. The monoisotopic (exact) mass is 437 g/mol. The van der Waals surface area contributed by atoms with Crippen molar-refractivity contribution in [3.63, 3.8) is 0 Å². The van der Waals surface area contributed by atoms with Gasteiger partial charge in [-0.25, -0.2) is 18.1 Å². The molecule has 0 aromatic heterocycles. The molecule has 1 atom stereocenters. The molecule has 3 fully saturated rings. The molecule has 0 N–H and O–H groups in total. The first-order chi connectivity index (χ1) is 14.3. The summed E-state index contributed by atoms with van der Waals surface area (Å²) in [5.74, 6) is -2.40. The van der Waals surface area contributed by atoms with Crippen LogP contribution in [0.4, 0.5) is 4.79 Å². The fraction of sp³-hybridized carbons (Fsp3) is 0.700. The average Bonchev–Trinajstić information content (AvgIpc) is 3.44. The second kappa shape index (κ2) is 8.13. The normalized spacial score (nSPS) is 26.3. The number of amides is 5. The molecule has 30 heavy (non-hydrogen) atoms. The summed E-state index contributed by atoms with van der Waals surface area (Å²) >= 11 is 0. The molecule has 0 aromatic carbocycles. The summed E-state index contributed by atoms with van der Waals surface area (Å²) in [7, 11) is -3.17. The minimum atomic E-state index is -3.17. The quantitative estimate of drug-likeness (QED) is 0.332. The average molecular weight is 438 g/mol. The van der Waals surface area contributed by atoms with Crippen molar-refractivity contribution in [3.8, 4) is 0 Å². The summed E-state index contributed by atoms with van der Waals surface area (Å²) in [4.78, 5) is 53.5. The number of carbonyl (C=O) groups is 4. The maximum Gasteiger partial charge on any atom is 0.334 e. The molecule has 2 saturated heterocycles. The highest BCUT2D eigenvalue weighted by Gasteiger charge is 2.48. The minimum Gasteiger partial charge on any atom is -0.334 e. The molecule has 0 spiro atoms. The zero-order valence-corrected chi connectivity index (χ0v) is 17.7. The van der Waals surface area contributed by atoms with Crippen LogP contribution in [0.5, 0.6) is 0 Å². The molecule has 164 valence electrons. The van der Waals surface area contributed by atoms with Crippen molar-refractivity contribution in [2.75, 3.05) is 24.6 Å². The Balaban J connectivity index is 1.41. The molecule has 0 radical (unpaired) electrons. The predicted molar refractivity (Wildman–Crippen MR) is 107 cm³/mol. The van der Waals surface area contributed by atoms with Crippen molar-refractivity contribution in [1.29, 1.82) is 0 Å². The van der Waals surface area contributed by atoms with Crippen molar-refractivity contribution < 1.29 is 27.6 Å². The molecule has 0 unspecified atom stereocenters. The van der Waals surface area contributed by atoms with Gasteiger partial charge >= 0.3 is 17.8 Å². The molecule has 4 rings (SSSR count). The van der Waals surface area contributed by atoms with Gasteiger partial charge in [-0.3, -0.25) is 19.3 Å². The van der Waals surface area contributed by atoms with Gasteiger partial charge in [0.2, 0.25) is 5.91 Å². The number of nitrogens with zero attached hydrogens (tertiary/aromatic N) is 3. The molecular weight excluding hydrogens is 410 g/mol. The molecule has 0 aromatic rings. The van der Waals surface area contributed by atoms with E-state index in [0.717, 1.165) is 43.4 Å². The number of hydrogen-bond acceptors (Lipinski definition) is 6. The molecule has 2 aliphatic carbocycles. The van der Waals surface area contributed by atoms with Crippen LogP contribution in [0.2, 0.25) is 0 Å². The van der Waals surface area contributed by atoms with Crippen molar-refractivity contribution in [3.05, 3.63) is 11.6 Å². The predicted octanol–water partition coefficient (Wildman–Crippen LogP) is 0.846. The van der Waals surface area contributed by atoms with E-state index in [1.54, 1.807) is 0 Å². The number of urea groups is 1. The second-order valence-corrected chi connectivity index (χ2v) is 10.8. The number of allylic oxidation sites excluding steroid dienone is 1. The first-order valence-corrected chi connectivity index (χ1v) is 12.5. The molecule has 0 bridgehead atoms. The molecule has 4 aliphatic rings. The number of imide groups is 2. The van der Waals surface area contributed by atoms with Crippen LogP contribution < -0.4 is 0 Å². The lowest BCUT2D eigenvalue weighted by atomic mass is 9.97. The van der Waals surface area contributed by atoms with Gasteiger partial charge in [0, 0.05) is 18.6 Å². The van der Waals surface area contributed by atoms with Gasteiger partial charge in [0.1, 0.15) is 6.54 Å². The summed E-state index contributed by atoms with van der Waals surface area (Å²) in [6.45, 7) is -0.386. The van der Waals surface area contributed by atoms with E-state index in [2.05, 4.69) is 6.08 Å². The van der Waals surface area contributed by atoms with Gasteiger partial charge in [-0.2, -0.15) is 0 Å². The molecule has 2 aliphatic heterocycles. The molecule has 2 heterocycles. The molecule has 1 saturated carbocycles. The number of rotatable bonds is 7. The SMILES string of the molecule is O=C1C(=O)N(CC(=O)N(C2CC2)[C@@H]2CCS(=O)(=O)C2)C(=O)N1CCC1=CCCCC1. The van der Waals surface area contributed by atoms with Crippen LogP contribution in [0.15, 0.2) is 11.6 Å². The topological polar surface area (TPSA) is 112 Å². The maximum absolute atomic E-state index is 12.9. The van der Waals surface area contributed by atoms with Gasteiger partial charge in [-0.05, 0) is 51.4 Å². The van der Waals surface area contributed by atoms with Gasteiger partial charge < -0.3 is 4.90 Å². The van der Waals surface area contributed by atoms with Crippen molar-refractivity contribution in [2.24, 2.45) is 0 Å². The Kier molecular flexibility index (Phi) is 5.69. The Morgan fingerprint density at radius 2 is 1.77 bits per heavy atom. The third-order valence-electron chi connectivity index (χ3n) is 6.30. The Labute approximate surface area is 176 Å². The summed E-state index contributed by atoms with van der Waals surface area (Å²) in [5, 5.41) is 0. The van der Waals surface area contributed by atoms with Crippen molar-refractivity contribution in [2.45, 2.75) is 63.5 Å². The standard InChI is InChI=1S/C20H27N3O6S/c24-17(23(15-6-7-15)16-9-11-30(28,29)13-16)12-22-19(26)18(25)21(20(22)27)10-8-14-4-2-1-3-5-14/h4,15-16H,1-3,5-13H2/t16-/m1/s1. The van der Waals surface area contributed by atoms with E-state index in [1.807, 2.05) is 0 Å². The Hall–Kier alpha value is -2.23. The second-order valence-electron chi connectivity index (χ2n) is 8.58. The summed E-state index contributed by atoms with van der Waals surface area (Å²) in [5.41, 5.74) is 1.19. The maximum atomic E-state index is 12.9. The fourth-order valence-electron chi connectivity index (χ4n) is 4.54. The summed E-state index contributed by atoms with van der Waals surface area (Å²) in [6.07, 6.45) is 8.75. The van der Waals surface area contributed by atoms with E-state index >= 15 is 0 Å². The Morgan fingerprint density at radius 1 is 1.03 bits per heavy atom. The smallest absolute Gasteiger partial charge is 0.334 e. The van der Waals surface area contributed by atoms with Gasteiger partial charge in [0.05, 0.1) is 11.5 Å². The zero-order valence-electron chi connectivity index (χ0n) is 16.9. The number of sulfone groups is 1. The largest absolute Gasteiger partial charge is 0.334 e. The van der Waals surface area contributed by atoms with Crippen LogP contribution in [-0.2, 0) is 24.2 Å². The number of hydrogen-bond donors (Lipinski definition) is 0. The first-order valence-electron chi connectivity index (χ1n) is 10.6. The van der Waals surface area contributed by atoms with Gasteiger partial charge in [0.25, 0.3) is 0 Å². The fourth-order valence-corrected chi connectivity index (χ4v) is 6.26. The third-order valence-corrected chi connectivity index (χ3v) is 8.05. The molecule has 5 amide bonds. The van der Waals surface area contributed by atoms with Crippen LogP contribution >= 0.6 is 0 Å². The van der Waals surface area contributed by atoms with Crippen molar-refractivity contribution >= 4 is 33.6 Å². The zero-order chi connectivity index (χ0) is 21.5.